The highest BCUT2D eigenvalue weighted by molar-refractivity contribution is 6.18. The molecule has 0 bridgehead atoms. The normalized spacial score (nSPS) is 15.7. The lowest BCUT2D eigenvalue weighted by molar-refractivity contribution is -0.128. The van der Waals surface area contributed by atoms with Gasteiger partial charge in [-0.2, -0.15) is 0 Å². The fraction of sp³-hybridized carbons (Fsp3) is 0.308. The molecule has 2 rings (SSSR count). The van der Waals surface area contributed by atoms with Crippen LogP contribution >= 0.6 is 0 Å². The van der Waals surface area contributed by atoms with Gasteiger partial charge in [0.2, 0.25) is 0 Å². The lowest BCUT2D eigenvalue weighted by atomic mass is 10.1. The number of nitrogens with zero attached hydrogens (tertiary/aromatic N) is 1. The molecule has 0 radical (unpaired) electrons. The van der Waals surface area contributed by atoms with Gasteiger partial charge in [0.1, 0.15) is 5.82 Å². The van der Waals surface area contributed by atoms with Gasteiger partial charge < -0.3 is 9.64 Å². The molecule has 0 aliphatic carbocycles. The van der Waals surface area contributed by atoms with Crippen molar-refractivity contribution < 1.29 is 13.9 Å². The topological polar surface area (TPSA) is 29.5 Å². The third-order valence-electron chi connectivity index (χ3n) is 2.75. The zero-order chi connectivity index (χ0) is 12.3. The molecule has 1 aromatic rings. The first-order valence-electron chi connectivity index (χ1n) is 5.50. The maximum Gasteiger partial charge on any atom is 0.254 e. The Balaban J connectivity index is 2.08. The minimum Gasteiger partial charge on any atom is -0.378 e. The largest absolute Gasteiger partial charge is 0.378 e. The summed E-state index contributed by atoms with van der Waals surface area (Å²) in [5, 5.41) is 0. The van der Waals surface area contributed by atoms with Crippen LogP contribution < -0.4 is 0 Å². The summed E-state index contributed by atoms with van der Waals surface area (Å²) in [5.41, 5.74) is 1.05. The fourth-order valence-corrected chi connectivity index (χ4v) is 1.73. The molecule has 4 heteroatoms. The molecule has 1 saturated heterocycles. The van der Waals surface area contributed by atoms with Crippen LogP contribution in [0.4, 0.5) is 4.39 Å². The third kappa shape index (κ3) is 2.71. The molecule has 0 unspecified atom stereocenters. The molecule has 1 aliphatic heterocycles. The zero-order valence-corrected chi connectivity index (χ0v) is 9.49. The number of carbonyl (C=O) groups excluding carboxylic acids is 1. The molecular weight excluding hydrogens is 221 g/mol. The Labute approximate surface area is 99.5 Å². The van der Waals surface area contributed by atoms with E-state index >= 15 is 0 Å². The number of rotatable bonds is 2. The molecule has 1 aromatic carbocycles. The summed E-state index contributed by atoms with van der Waals surface area (Å²) in [6.07, 6.45) is 0. The summed E-state index contributed by atoms with van der Waals surface area (Å²) < 4.78 is 17.9. The average molecular weight is 235 g/mol. The summed E-state index contributed by atoms with van der Waals surface area (Å²) in [5.74, 6) is -0.430. The van der Waals surface area contributed by atoms with Gasteiger partial charge in [-0.1, -0.05) is 18.7 Å². The molecule has 0 aromatic heterocycles. The second-order valence-electron chi connectivity index (χ2n) is 3.89. The maximum absolute atomic E-state index is 12.8. The van der Waals surface area contributed by atoms with E-state index in [1.165, 1.54) is 12.1 Å². The lowest BCUT2D eigenvalue weighted by Gasteiger charge is -2.27. The van der Waals surface area contributed by atoms with E-state index in [1.54, 1.807) is 17.0 Å². The number of carbonyl (C=O) groups is 1. The van der Waals surface area contributed by atoms with Crippen molar-refractivity contribution >= 4 is 11.5 Å². The standard InChI is InChI=1S/C13H14FNO2/c1-10(11-2-4-12(14)5-3-11)13(16)15-6-8-17-9-7-15/h2-5H,1,6-9H2. The monoisotopic (exact) mass is 235 g/mol. The van der Waals surface area contributed by atoms with Crippen molar-refractivity contribution in [3.8, 4) is 0 Å². The van der Waals surface area contributed by atoms with E-state index in [0.29, 0.717) is 37.4 Å². The van der Waals surface area contributed by atoms with Crippen LogP contribution in [0.3, 0.4) is 0 Å². The molecule has 0 N–H and O–H groups in total. The van der Waals surface area contributed by atoms with E-state index in [4.69, 9.17) is 4.74 Å². The van der Waals surface area contributed by atoms with Crippen LogP contribution in [0, 0.1) is 5.82 Å². The van der Waals surface area contributed by atoms with Crippen molar-refractivity contribution in [3.05, 3.63) is 42.2 Å². The van der Waals surface area contributed by atoms with E-state index < -0.39 is 0 Å². The van der Waals surface area contributed by atoms with Gasteiger partial charge in [-0.25, -0.2) is 4.39 Å². The SMILES string of the molecule is C=C(C(=O)N1CCOCC1)c1ccc(F)cc1. The summed E-state index contributed by atoms with van der Waals surface area (Å²) in [6.45, 7) is 6.06. The summed E-state index contributed by atoms with van der Waals surface area (Å²) >= 11 is 0. The number of benzene rings is 1. The molecule has 1 heterocycles. The Bertz CT molecular complexity index is 422. The highest BCUT2D eigenvalue weighted by Crippen LogP contribution is 2.16. The first kappa shape index (κ1) is 11.8. The van der Waals surface area contributed by atoms with Crippen molar-refractivity contribution in [2.45, 2.75) is 0 Å². The quantitative estimate of drug-likeness (QED) is 0.730. The second kappa shape index (κ2) is 5.10. The van der Waals surface area contributed by atoms with Gasteiger partial charge in [0, 0.05) is 18.7 Å². The van der Waals surface area contributed by atoms with Crippen molar-refractivity contribution in [2.75, 3.05) is 26.3 Å². The molecule has 1 amide bonds. The molecule has 17 heavy (non-hydrogen) atoms. The number of morpholine rings is 1. The van der Waals surface area contributed by atoms with Gasteiger partial charge in [0.15, 0.2) is 0 Å². The summed E-state index contributed by atoms with van der Waals surface area (Å²) in [6, 6.07) is 5.78. The third-order valence-corrected chi connectivity index (χ3v) is 2.75. The molecular formula is C13H14FNO2. The summed E-state index contributed by atoms with van der Waals surface area (Å²) in [7, 11) is 0. The average Bonchev–Trinajstić information content (AvgIpc) is 2.39. The van der Waals surface area contributed by atoms with Crippen LogP contribution in [0.5, 0.6) is 0 Å². The van der Waals surface area contributed by atoms with E-state index in [1.807, 2.05) is 0 Å². The zero-order valence-electron chi connectivity index (χ0n) is 9.49. The van der Waals surface area contributed by atoms with Crippen molar-refractivity contribution in [1.82, 2.24) is 4.90 Å². The maximum atomic E-state index is 12.8. The number of ether oxygens (including phenoxy) is 1. The van der Waals surface area contributed by atoms with E-state index in [2.05, 4.69) is 6.58 Å². The molecule has 3 nitrogen and oxygen atoms in total. The molecule has 90 valence electrons. The van der Waals surface area contributed by atoms with Gasteiger partial charge in [0.25, 0.3) is 5.91 Å². The Kier molecular flexibility index (Phi) is 3.54. The second-order valence-corrected chi connectivity index (χ2v) is 3.89. The van der Waals surface area contributed by atoms with E-state index in [9.17, 15) is 9.18 Å². The molecule has 1 aliphatic rings. The van der Waals surface area contributed by atoms with Crippen LogP contribution in [0.25, 0.3) is 5.57 Å². The van der Waals surface area contributed by atoms with Gasteiger partial charge >= 0.3 is 0 Å². The molecule has 0 atom stereocenters. The minimum absolute atomic E-state index is 0.111. The first-order valence-corrected chi connectivity index (χ1v) is 5.50. The van der Waals surface area contributed by atoms with Gasteiger partial charge in [-0.15, -0.1) is 0 Å². The van der Waals surface area contributed by atoms with Crippen LogP contribution in [0.1, 0.15) is 5.56 Å². The highest BCUT2D eigenvalue weighted by Gasteiger charge is 2.20. The Morgan fingerprint density at radius 2 is 1.82 bits per heavy atom. The number of hydrogen-bond donors (Lipinski definition) is 0. The molecule has 1 fully saturated rings. The van der Waals surface area contributed by atoms with Crippen LogP contribution in [-0.2, 0) is 9.53 Å². The first-order chi connectivity index (χ1) is 8.18. The van der Waals surface area contributed by atoms with Gasteiger partial charge in [0.05, 0.1) is 13.2 Å². The lowest BCUT2D eigenvalue weighted by Crippen LogP contribution is -2.40. The smallest absolute Gasteiger partial charge is 0.254 e. The Hall–Kier alpha value is -1.68. The van der Waals surface area contributed by atoms with E-state index in [0.717, 1.165) is 0 Å². The van der Waals surface area contributed by atoms with Crippen molar-refractivity contribution in [3.63, 3.8) is 0 Å². The highest BCUT2D eigenvalue weighted by atomic mass is 19.1. The number of hydrogen-bond acceptors (Lipinski definition) is 2. The summed E-state index contributed by atoms with van der Waals surface area (Å²) in [4.78, 5) is 13.8. The predicted octanol–water partition coefficient (Wildman–Crippen LogP) is 1.70. The predicted molar refractivity (Wildman–Crippen MR) is 62.8 cm³/mol. The van der Waals surface area contributed by atoms with Gasteiger partial charge in [-0.05, 0) is 17.7 Å². The number of halogens is 1. The van der Waals surface area contributed by atoms with E-state index in [-0.39, 0.29) is 11.7 Å². The molecule has 0 saturated carbocycles. The Morgan fingerprint density at radius 3 is 2.41 bits per heavy atom. The minimum atomic E-state index is -0.319. The van der Waals surface area contributed by atoms with Crippen LogP contribution in [0.2, 0.25) is 0 Å². The van der Waals surface area contributed by atoms with Gasteiger partial charge in [-0.3, -0.25) is 4.79 Å². The van der Waals surface area contributed by atoms with Crippen LogP contribution in [0.15, 0.2) is 30.8 Å². The van der Waals surface area contributed by atoms with Crippen LogP contribution in [-0.4, -0.2) is 37.1 Å². The van der Waals surface area contributed by atoms with Crippen molar-refractivity contribution in [1.29, 1.82) is 0 Å². The molecule has 0 spiro atoms. The Morgan fingerprint density at radius 1 is 1.24 bits per heavy atom. The number of amides is 1. The van der Waals surface area contributed by atoms with Crippen molar-refractivity contribution in [2.24, 2.45) is 0 Å². The fourth-order valence-electron chi connectivity index (χ4n) is 1.73.